The number of aromatic nitrogens is 3. The SMILES string of the molecule is CO[C@H]1[C@H](C)O[C@H](OC(=O)Nc2ccc(-c3ncn(-c4ccc(OC(F)(F)C(F)(F)F)cc4)n3)cc2)C[C@@H]1OC. The number of hydrogen-bond donors (Lipinski definition) is 1. The Balaban J connectivity index is 1.34. The Hall–Kier alpha value is -3.82. The molecule has 1 N–H and O–H groups in total. The second kappa shape index (κ2) is 11.7. The quantitative estimate of drug-likeness (QED) is 0.368. The number of nitrogens with one attached hydrogen (secondary N) is 1. The van der Waals surface area contributed by atoms with Crippen LogP contribution in [0.3, 0.4) is 0 Å². The Bertz CT molecular complexity index is 1290. The van der Waals surface area contributed by atoms with Gasteiger partial charge in [0.25, 0.3) is 0 Å². The molecule has 2 aromatic carbocycles. The van der Waals surface area contributed by atoms with Crippen LogP contribution in [0.2, 0.25) is 0 Å². The molecule has 40 heavy (non-hydrogen) atoms. The summed E-state index contributed by atoms with van der Waals surface area (Å²) in [5.41, 5.74) is 1.36. The van der Waals surface area contributed by atoms with Crippen LogP contribution in [-0.2, 0) is 18.9 Å². The number of benzene rings is 2. The van der Waals surface area contributed by atoms with Gasteiger partial charge in [-0.05, 0) is 55.5 Å². The zero-order chi connectivity index (χ0) is 29.1. The predicted octanol–water partition coefficient (Wildman–Crippen LogP) is 5.18. The van der Waals surface area contributed by atoms with E-state index in [1.54, 1.807) is 45.4 Å². The van der Waals surface area contributed by atoms with Crippen molar-refractivity contribution in [2.75, 3.05) is 19.5 Å². The van der Waals surface area contributed by atoms with Gasteiger partial charge < -0.3 is 23.7 Å². The topological polar surface area (TPSA) is 106 Å². The summed E-state index contributed by atoms with van der Waals surface area (Å²) in [5, 5.41) is 6.89. The minimum Gasteiger partial charge on any atom is -0.426 e. The highest BCUT2D eigenvalue weighted by Crippen LogP contribution is 2.37. The first-order chi connectivity index (χ1) is 18.9. The summed E-state index contributed by atoms with van der Waals surface area (Å²) in [7, 11) is 3.10. The van der Waals surface area contributed by atoms with E-state index in [2.05, 4.69) is 20.1 Å². The van der Waals surface area contributed by atoms with Crippen LogP contribution in [0.1, 0.15) is 13.3 Å². The van der Waals surface area contributed by atoms with Crippen LogP contribution in [0.5, 0.6) is 5.75 Å². The van der Waals surface area contributed by atoms with Gasteiger partial charge in [0.05, 0.1) is 17.9 Å². The summed E-state index contributed by atoms with van der Waals surface area (Å²) in [6.07, 6.45) is -12.0. The van der Waals surface area contributed by atoms with E-state index in [0.717, 1.165) is 12.1 Å². The predicted molar refractivity (Wildman–Crippen MR) is 129 cm³/mol. The molecule has 1 aliphatic rings. The van der Waals surface area contributed by atoms with Gasteiger partial charge in [-0.2, -0.15) is 22.0 Å². The molecule has 1 saturated heterocycles. The zero-order valence-corrected chi connectivity index (χ0v) is 21.4. The molecule has 15 heteroatoms. The lowest BCUT2D eigenvalue weighted by molar-refractivity contribution is -0.360. The van der Waals surface area contributed by atoms with Crippen molar-refractivity contribution >= 4 is 11.8 Å². The first kappa shape index (κ1) is 29.2. The number of anilines is 1. The van der Waals surface area contributed by atoms with Gasteiger partial charge in [0.1, 0.15) is 18.2 Å². The molecule has 4 atom stereocenters. The van der Waals surface area contributed by atoms with Crippen molar-refractivity contribution in [2.24, 2.45) is 0 Å². The molecule has 0 aliphatic carbocycles. The summed E-state index contributed by atoms with van der Waals surface area (Å²) in [6, 6.07) is 10.9. The molecule has 0 spiro atoms. The van der Waals surface area contributed by atoms with Crippen LogP contribution < -0.4 is 10.1 Å². The van der Waals surface area contributed by atoms with Gasteiger partial charge >= 0.3 is 18.4 Å². The molecule has 10 nitrogen and oxygen atoms in total. The standard InChI is InChI=1S/C25H25F5N4O6/c1-14-21(37-3)19(36-2)12-20(38-14)39-23(35)32-16-6-4-15(5-7-16)22-31-13-34(33-22)17-8-10-18(11-9-17)40-25(29,30)24(26,27)28/h4-11,13-14,19-21H,12H2,1-3H3,(H,32,35)/t14-,19-,20+,21-/m0/s1. The minimum absolute atomic E-state index is 0.290. The second-order valence-corrected chi connectivity index (χ2v) is 8.71. The molecular weight excluding hydrogens is 547 g/mol. The number of hydrogen-bond acceptors (Lipinski definition) is 8. The molecule has 1 amide bonds. The van der Waals surface area contributed by atoms with E-state index in [1.807, 2.05) is 0 Å². The van der Waals surface area contributed by atoms with Crippen molar-refractivity contribution < 1.29 is 50.4 Å². The Morgan fingerprint density at radius 1 is 1.02 bits per heavy atom. The van der Waals surface area contributed by atoms with E-state index in [0.29, 0.717) is 29.2 Å². The van der Waals surface area contributed by atoms with Gasteiger partial charge in [-0.1, -0.05) is 0 Å². The van der Waals surface area contributed by atoms with Crippen molar-refractivity contribution in [3.05, 3.63) is 54.9 Å². The number of carbonyl (C=O) groups excluding carboxylic acids is 1. The van der Waals surface area contributed by atoms with E-state index >= 15 is 0 Å². The maximum Gasteiger partial charge on any atom is 0.499 e. The number of alkyl halides is 5. The third kappa shape index (κ3) is 6.66. The van der Waals surface area contributed by atoms with E-state index in [4.69, 9.17) is 18.9 Å². The highest BCUT2D eigenvalue weighted by Gasteiger charge is 2.61. The molecule has 0 radical (unpaired) electrons. The Morgan fingerprint density at radius 2 is 1.70 bits per heavy atom. The largest absolute Gasteiger partial charge is 0.499 e. The number of carbonyl (C=O) groups is 1. The third-order valence-corrected chi connectivity index (χ3v) is 5.99. The average molecular weight is 572 g/mol. The minimum atomic E-state index is -5.84. The maximum absolute atomic E-state index is 13.1. The van der Waals surface area contributed by atoms with Crippen molar-refractivity contribution in [2.45, 2.75) is 50.2 Å². The normalized spacial score (nSPS) is 21.6. The van der Waals surface area contributed by atoms with Gasteiger partial charge in [-0.15, -0.1) is 5.10 Å². The molecular formula is C25H25F5N4O6. The van der Waals surface area contributed by atoms with Gasteiger partial charge in [-0.25, -0.2) is 14.5 Å². The first-order valence-corrected chi connectivity index (χ1v) is 11.8. The van der Waals surface area contributed by atoms with Crippen LogP contribution >= 0.6 is 0 Å². The molecule has 0 unspecified atom stereocenters. The first-order valence-electron chi connectivity index (χ1n) is 11.8. The maximum atomic E-state index is 13.1. The lowest BCUT2D eigenvalue weighted by Gasteiger charge is -2.38. The van der Waals surface area contributed by atoms with Crippen molar-refractivity contribution in [1.29, 1.82) is 0 Å². The zero-order valence-electron chi connectivity index (χ0n) is 21.4. The Labute approximate surface area is 224 Å². The fraction of sp³-hybridized carbons (Fsp3) is 0.400. The molecule has 1 aliphatic heterocycles. The Morgan fingerprint density at radius 3 is 2.30 bits per heavy atom. The van der Waals surface area contributed by atoms with E-state index in [-0.39, 0.29) is 18.3 Å². The molecule has 1 aromatic heterocycles. The number of methoxy groups -OCH3 is 2. The Kier molecular flexibility index (Phi) is 8.56. The summed E-state index contributed by atoms with van der Waals surface area (Å²) in [6.45, 7) is 1.80. The van der Waals surface area contributed by atoms with Crippen molar-refractivity contribution in [3.8, 4) is 22.8 Å². The monoisotopic (exact) mass is 572 g/mol. The van der Waals surface area contributed by atoms with Crippen LogP contribution in [0, 0.1) is 0 Å². The second-order valence-electron chi connectivity index (χ2n) is 8.71. The number of amides is 1. The van der Waals surface area contributed by atoms with Gasteiger partial charge in [0.15, 0.2) is 5.82 Å². The van der Waals surface area contributed by atoms with Gasteiger partial charge in [0.2, 0.25) is 6.29 Å². The molecule has 1 fully saturated rings. The molecule has 216 valence electrons. The molecule has 0 saturated carbocycles. The highest BCUT2D eigenvalue weighted by molar-refractivity contribution is 5.85. The van der Waals surface area contributed by atoms with Crippen LogP contribution in [-0.4, -0.2) is 72.0 Å². The molecule has 2 heterocycles. The van der Waals surface area contributed by atoms with Crippen LogP contribution in [0.4, 0.5) is 32.4 Å². The van der Waals surface area contributed by atoms with E-state index in [9.17, 15) is 26.7 Å². The summed E-state index contributed by atoms with van der Waals surface area (Å²) in [4.78, 5) is 16.6. The lowest BCUT2D eigenvalue weighted by atomic mass is 10.0. The van der Waals surface area contributed by atoms with E-state index < -0.39 is 30.4 Å². The molecule has 3 aromatic rings. The number of nitrogens with zero attached hydrogens (tertiary/aromatic N) is 3. The van der Waals surface area contributed by atoms with Crippen LogP contribution in [0.15, 0.2) is 54.9 Å². The van der Waals surface area contributed by atoms with Gasteiger partial charge in [0, 0.05) is 31.9 Å². The smallest absolute Gasteiger partial charge is 0.426 e. The van der Waals surface area contributed by atoms with Crippen molar-refractivity contribution in [1.82, 2.24) is 14.8 Å². The van der Waals surface area contributed by atoms with Gasteiger partial charge in [-0.3, -0.25) is 5.32 Å². The fourth-order valence-electron chi connectivity index (χ4n) is 4.01. The van der Waals surface area contributed by atoms with E-state index in [1.165, 1.54) is 23.1 Å². The summed E-state index contributed by atoms with van der Waals surface area (Å²) >= 11 is 0. The highest BCUT2D eigenvalue weighted by atomic mass is 19.4. The molecule has 4 rings (SSSR count). The fourth-order valence-corrected chi connectivity index (χ4v) is 4.01. The summed E-state index contributed by atoms with van der Waals surface area (Å²) in [5.74, 6) is -0.378. The van der Waals surface area contributed by atoms with Crippen LogP contribution in [0.25, 0.3) is 17.1 Å². The third-order valence-electron chi connectivity index (χ3n) is 5.99. The number of rotatable bonds is 8. The number of halogens is 5. The molecule has 0 bridgehead atoms. The average Bonchev–Trinajstić information content (AvgIpc) is 3.38. The lowest BCUT2D eigenvalue weighted by Crippen LogP contribution is -2.50. The van der Waals surface area contributed by atoms with Crippen molar-refractivity contribution in [3.63, 3.8) is 0 Å². The summed E-state index contributed by atoms with van der Waals surface area (Å²) < 4.78 is 90.1. The number of ether oxygens (including phenoxy) is 5.